The summed E-state index contributed by atoms with van der Waals surface area (Å²) in [5, 5.41) is 0. The molecule has 120 valence electrons. The third kappa shape index (κ3) is 3.50. The van der Waals surface area contributed by atoms with Gasteiger partial charge in [0.15, 0.2) is 5.78 Å². The fourth-order valence-corrected chi connectivity index (χ4v) is 2.90. The van der Waals surface area contributed by atoms with Gasteiger partial charge in [0.2, 0.25) is 0 Å². The summed E-state index contributed by atoms with van der Waals surface area (Å²) in [7, 11) is 0. The van der Waals surface area contributed by atoms with Crippen LogP contribution in [0.1, 0.15) is 52.9 Å². The number of carbonyl (C=O) groups excluding carboxylic acids is 1. The van der Waals surface area contributed by atoms with Gasteiger partial charge in [-0.25, -0.2) is 4.39 Å². The molecule has 0 N–H and O–H groups in total. The Morgan fingerprint density at radius 2 is 1.78 bits per heavy atom. The number of hydrogen-bond acceptors (Lipinski definition) is 2. The quantitative estimate of drug-likeness (QED) is 0.757. The molecule has 0 aromatic heterocycles. The Bertz CT molecular complexity index is 698. The van der Waals surface area contributed by atoms with Crippen molar-refractivity contribution in [3.05, 3.63) is 70.5 Å². The van der Waals surface area contributed by atoms with Crippen molar-refractivity contribution in [1.29, 1.82) is 0 Å². The number of rotatable bonds is 3. The second kappa shape index (κ2) is 6.63. The molecule has 0 saturated carbocycles. The van der Waals surface area contributed by atoms with Gasteiger partial charge in [-0.05, 0) is 42.9 Å². The van der Waals surface area contributed by atoms with Crippen molar-refractivity contribution in [2.24, 2.45) is 5.92 Å². The highest BCUT2D eigenvalue weighted by Crippen LogP contribution is 2.30. The van der Waals surface area contributed by atoms with E-state index in [1.807, 2.05) is 12.1 Å². The molecule has 1 fully saturated rings. The highest BCUT2D eigenvalue weighted by Gasteiger charge is 2.20. The number of halogens is 1. The van der Waals surface area contributed by atoms with Crippen LogP contribution in [0.25, 0.3) is 0 Å². The van der Waals surface area contributed by atoms with Crippen molar-refractivity contribution in [2.75, 3.05) is 6.61 Å². The molecule has 2 aromatic rings. The van der Waals surface area contributed by atoms with Crippen LogP contribution in [0.5, 0.6) is 0 Å². The van der Waals surface area contributed by atoms with Crippen LogP contribution >= 0.6 is 0 Å². The topological polar surface area (TPSA) is 26.3 Å². The first-order valence-corrected chi connectivity index (χ1v) is 8.07. The van der Waals surface area contributed by atoms with Gasteiger partial charge in [0.1, 0.15) is 5.82 Å². The van der Waals surface area contributed by atoms with Gasteiger partial charge in [-0.15, -0.1) is 0 Å². The van der Waals surface area contributed by atoms with E-state index in [0.717, 1.165) is 25.0 Å². The minimum Gasteiger partial charge on any atom is -0.373 e. The normalized spacial score (nSPS) is 21.2. The fourth-order valence-electron chi connectivity index (χ4n) is 2.90. The molecule has 0 bridgehead atoms. The van der Waals surface area contributed by atoms with E-state index in [4.69, 9.17) is 4.74 Å². The van der Waals surface area contributed by atoms with Gasteiger partial charge in [0, 0.05) is 17.7 Å². The van der Waals surface area contributed by atoms with E-state index in [2.05, 4.69) is 6.92 Å². The number of ether oxygens (including phenoxy) is 1. The number of benzene rings is 2. The zero-order valence-electron chi connectivity index (χ0n) is 13.5. The van der Waals surface area contributed by atoms with Crippen LogP contribution in [-0.4, -0.2) is 12.4 Å². The van der Waals surface area contributed by atoms with Gasteiger partial charge in [-0.3, -0.25) is 4.79 Å². The highest BCUT2D eigenvalue weighted by atomic mass is 19.1. The molecule has 2 nitrogen and oxygen atoms in total. The van der Waals surface area contributed by atoms with Crippen LogP contribution in [-0.2, 0) is 4.74 Å². The zero-order valence-corrected chi connectivity index (χ0v) is 13.5. The molecule has 2 unspecified atom stereocenters. The van der Waals surface area contributed by atoms with Crippen LogP contribution < -0.4 is 0 Å². The summed E-state index contributed by atoms with van der Waals surface area (Å²) in [6.07, 6.45) is 2.29. The van der Waals surface area contributed by atoms with Crippen LogP contribution in [0.4, 0.5) is 4.39 Å². The van der Waals surface area contributed by atoms with Gasteiger partial charge in [-0.1, -0.05) is 43.3 Å². The highest BCUT2D eigenvalue weighted by molar-refractivity contribution is 6.09. The number of hydrogen-bond donors (Lipinski definition) is 0. The minimum absolute atomic E-state index is 0.118. The predicted octanol–water partition coefficient (Wildman–Crippen LogP) is 4.85. The van der Waals surface area contributed by atoms with Crippen LogP contribution in [0, 0.1) is 18.7 Å². The van der Waals surface area contributed by atoms with Crippen LogP contribution in [0.15, 0.2) is 42.5 Å². The molecule has 0 amide bonds. The van der Waals surface area contributed by atoms with Crippen molar-refractivity contribution in [3.63, 3.8) is 0 Å². The molecule has 3 rings (SSSR count). The summed E-state index contributed by atoms with van der Waals surface area (Å²) in [6.45, 7) is 4.66. The van der Waals surface area contributed by atoms with Crippen LogP contribution in [0.2, 0.25) is 0 Å². The van der Waals surface area contributed by atoms with Crippen molar-refractivity contribution >= 4 is 5.78 Å². The van der Waals surface area contributed by atoms with Crippen molar-refractivity contribution < 1.29 is 13.9 Å². The van der Waals surface area contributed by atoms with Gasteiger partial charge in [-0.2, -0.15) is 0 Å². The Balaban J connectivity index is 1.76. The molecule has 1 saturated heterocycles. The number of ketones is 1. The Morgan fingerprint density at radius 3 is 2.39 bits per heavy atom. The van der Waals surface area contributed by atoms with E-state index in [1.165, 1.54) is 6.07 Å². The molecule has 0 aliphatic carbocycles. The molecule has 1 heterocycles. The zero-order chi connectivity index (χ0) is 16.4. The second-order valence-electron chi connectivity index (χ2n) is 6.42. The summed E-state index contributed by atoms with van der Waals surface area (Å²) in [5.41, 5.74) is 2.59. The Kier molecular flexibility index (Phi) is 4.58. The molecular formula is C20H21FO2. The van der Waals surface area contributed by atoms with Gasteiger partial charge in [0.25, 0.3) is 0 Å². The molecule has 2 atom stereocenters. The molecule has 3 heteroatoms. The lowest BCUT2D eigenvalue weighted by molar-refractivity contribution is -0.0123. The van der Waals surface area contributed by atoms with Gasteiger partial charge >= 0.3 is 0 Å². The second-order valence-corrected chi connectivity index (χ2v) is 6.42. The smallest absolute Gasteiger partial charge is 0.193 e. The number of aryl methyl sites for hydroxylation is 1. The molecule has 0 radical (unpaired) electrons. The summed E-state index contributed by atoms with van der Waals surface area (Å²) >= 11 is 0. The summed E-state index contributed by atoms with van der Waals surface area (Å²) in [6, 6.07) is 12.1. The number of carbonyl (C=O) groups is 1. The van der Waals surface area contributed by atoms with E-state index in [0.29, 0.717) is 22.6 Å². The van der Waals surface area contributed by atoms with Crippen molar-refractivity contribution in [3.8, 4) is 0 Å². The maximum atomic E-state index is 13.6. The standard InChI is InChI=1S/C20H21FO2/c1-13-3-10-19(23-12-13)15-6-8-16(9-7-15)20(22)17-5-4-14(2)18(21)11-17/h4-9,11,13,19H,3,10,12H2,1-2H3. The first kappa shape index (κ1) is 15.9. The summed E-state index contributed by atoms with van der Waals surface area (Å²) in [5.74, 6) is 0.106. The Hall–Kier alpha value is -2.00. The maximum Gasteiger partial charge on any atom is 0.193 e. The molecule has 1 aliphatic heterocycles. The third-order valence-corrected chi connectivity index (χ3v) is 4.48. The summed E-state index contributed by atoms with van der Waals surface area (Å²) < 4.78 is 19.5. The average Bonchev–Trinajstić information content (AvgIpc) is 2.57. The monoisotopic (exact) mass is 312 g/mol. The predicted molar refractivity (Wildman–Crippen MR) is 88.1 cm³/mol. The van der Waals surface area contributed by atoms with E-state index in [9.17, 15) is 9.18 Å². The van der Waals surface area contributed by atoms with Crippen molar-refractivity contribution in [1.82, 2.24) is 0 Å². The molecule has 1 aliphatic rings. The van der Waals surface area contributed by atoms with E-state index >= 15 is 0 Å². The van der Waals surface area contributed by atoms with E-state index in [1.54, 1.807) is 31.2 Å². The lowest BCUT2D eigenvalue weighted by Crippen LogP contribution is -2.18. The average molecular weight is 312 g/mol. The third-order valence-electron chi connectivity index (χ3n) is 4.48. The first-order chi connectivity index (χ1) is 11.0. The Morgan fingerprint density at radius 1 is 1.09 bits per heavy atom. The lowest BCUT2D eigenvalue weighted by atomic mass is 9.94. The SMILES string of the molecule is Cc1ccc(C(=O)c2ccc(C3CCC(C)CO3)cc2)cc1F. The lowest BCUT2D eigenvalue weighted by Gasteiger charge is -2.27. The molecule has 2 aromatic carbocycles. The Labute approximate surface area is 136 Å². The van der Waals surface area contributed by atoms with Crippen molar-refractivity contribution in [2.45, 2.75) is 32.8 Å². The van der Waals surface area contributed by atoms with Gasteiger partial charge in [0.05, 0.1) is 6.10 Å². The minimum atomic E-state index is -0.350. The first-order valence-electron chi connectivity index (χ1n) is 8.07. The fraction of sp³-hybridized carbons (Fsp3) is 0.350. The maximum absolute atomic E-state index is 13.6. The van der Waals surface area contributed by atoms with E-state index < -0.39 is 0 Å². The largest absolute Gasteiger partial charge is 0.373 e. The van der Waals surface area contributed by atoms with Gasteiger partial charge < -0.3 is 4.74 Å². The molecule has 0 spiro atoms. The van der Waals surface area contributed by atoms with E-state index in [-0.39, 0.29) is 17.7 Å². The molecule has 23 heavy (non-hydrogen) atoms. The van der Waals surface area contributed by atoms with Crippen LogP contribution in [0.3, 0.4) is 0 Å². The summed E-state index contributed by atoms with van der Waals surface area (Å²) in [4.78, 5) is 12.4. The molecular weight excluding hydrogens is 291 g/mol.